The fourth-order valence-corrected chi connectivity index (χ4v) is 1.66. The third-order valence-electron chi connectivity index (χ3n) is 1.68. The molecule has 0 radical (unpaired) electrons. The quantitative estimate of drug-likeness (QED) is 0.465. The zero-order valence-electron chi connectivity index (χ0n) is 7.60. The number of hydrogen-bond donors (Lipinski definition) is 0. The van der Waals surface area contributed by atoms with Gasteiger partial charge in [0.05, 0.1) is 0 Å². The largest absolute Gasteiger partial charge is 0.381 e. The highest BCUT2D eigenvalue weighted by Gasteiger charge is 2.82. The molecule has 2 atom stereocenters. The van der Waals surface area contributed by atoms with Gasteiger partial charge in [-0.15, -0.1) is 0 Å². The SMILES string of the molecule is N#CC(F)(F)[C@@](F)(Br)C(F)(F)[C@@](F)(Br)C(F)(F)Cl. The molecule has 0 unspecified atom stereocenters. The normalized spacial score (nSPS) is 20.8. The molecule has 18 heavy (non-hydrogen) atoms. The lowest BCUT2D eigenvalue weighted by molar-refractivity contribution is -0.240. The van der Waals surface area contributed by atoms with Crippen molar-refractivity contribution < 1.29 is 35.1 Å². The summed E-state index contributed by atoms with van der Waals surface area (Å²) in [6, 6.07) is -0.199. The molecule has 0 saturated heterocycles. The van der Waals surface area contributed by atoms with Gasteiger partial charge in [-0.2, -0.15) is 31.6 Å². The summed E-state index contributed by atoms with van der Waals surface area (Å²) >= 11 is 6.09. The summed E-state index contributed by atoms with van der Waals surface area (Å²) in [6.07, 6.45) is 0. The van der Waals surface area contributed by atoms with E-state index in [4.69, 9.17) is 5.26 Å². The third kappa shape index (κ3) is 2.43. The molecule has 0 rings (SSSR count). The van der Waals surface area contributed by atoms with Gasteiger partial charge in [0, 0.05) is 0 Å². The van der Waals surface area contributed by atoms with Crippen LogP contribution in [-0.2, 0) is 0 Å². The highest BCUT2D eigenvalue weighted by atomic mass is 79.9. The zero-order chi connectivity index (χ0) is 15.2. The van der Waals surface area contributed by atoms with Crippen LogP contribution in [0, 0.1) is 11.3 Å². The van der Waals surface area contributed by atoms with Gasteiger partial charge in [0.2, 0.25) is 0 Å². The van der Waals surface area contributed by atoms with Crippen molar-refractivity contribution in [1.29, 1.82) is 5.26 Å². The lowest BCUT2D eigenvalue weighted by atomic mass is 10.0. The molecule has 1 nitrogen and oxygen atoms in total. The number of nitrogens with zero attached hydrogens (tertiary/aromatic N) is 1. The van der Waals surface area contributed by atoms with Crippen LogP contribution < -0.4 is 0 Å². The van der Waals surface area contributed by atoms with Crippen molar-refractivity contribution >= 4 is 43.5 Å². The minimum Gasteiger partial charge on any atom is -0.216 e. The van der Waals surface area contributed by atoms with Crippen molar-refractivity contribution in [2.45, 2.75) is 26.4 Å². The molecule has 0 aromatic rings. The summed E-state index contributed by atoms with van der Waals surface area (Å²) in [4.78, 5) is 0. The number of hydrogen-bond acceptors (Lipinski definition) is 1. The maximum absolute atomic E-state index is 13.2. The second-order valence-electron chi connectivity index (χ2n) is 2.91. The summed E-state index contributed by atoms with van der Waals surface area (Å²) in [5.74, 6) is -11.6. The van der Waals surface area contributed by atoms with E-state index in [-0.39, 0.29) is 6.07 Å². The Morgan fingerprint density at radius 2 is 1.17 bits per heavy atom. The average molecular weight is 433 g/mol. The van der Waals surface area contributed by atoms with Crippen LogP contribution in [0.5, 0.6) is 0 Å². The average Bonchev–Trinajstić information content (AvgIpc) is 2.15. The van der Waals surface area contributed by atoms with E-state index < -0.39 is 26.4 Å². The van der Waals surface area contributed by atoms with Crippen molar-refractivity contribution in [3.8, 4) is 6.07 Å². The fourth-order valence-electron chi connectivity index (χ4n) is 0.643. The van der Waals surface area contributed by atoms with Gasteiger partial charge in [-0.3, -0.25) is 0 Å². The van der Waals surface area contributed by atoms with E-state index in [0.717, 1.165) is 31.9 Å². The Labute approximate surface area is 116 Å². The standard InChI is InChI=1S/C6Br2ClF8N/c7-3(12,2(10,11)1-18)5(14,15)4(8,13)6(9,16)17/t3-,4-/m0/s1. The summed E-state index contributed by atoms with van der Waals surface area (Å²) < 4.78 is 91.7. The van der Waals surface area contributed by atoms with Crippen LogP contribution in [0.25, 0.3) is 0 Å². The van der Waals surface area contributed by atoms with Crippen LogP contribution >= 0.6 is 43.5 Å². The fraction of sp³-hybridized carbons (Fsp3) is 0.833. The van der Waals surface area contributed by atoms with Crippen LogP contribution in [0.3, 0.4) is 0 Å². The van der Waals surface area contributed by atoms with Gasteiger partial charge < -0.3 is 0 Å². The van der Waals surface area contributed by atoms with Gasteiger partial charge in [0.25, 0.3) is 0 Å². The summed E-state index contributed by atoms with van der Waals surface area (Å²) in [5, 5.41) is 2.36. The van der Waals surface area contributed by atoms with Crippen LogP contribution in [0.4, 0.5) is 35.1 Å². The van der Waals surface area contributed by atoms with Crippen molar-refractivity contribution in [2.24, 2.45) is 0 Å². The molecule has 0 saturated carbocycles. The minimum absolute atomic E-state index is 0.199. The zero-order valence-corrected chi connectivity index (χ0v) is 11.5. The van der Waals surface area contributed by atoms with Crippen LogP contribution in [0.1, 0.15) is 0 Å². The second kappa shape index (κ2) is 4.63. The van der Waals surface area contributed by atoms with E-state index in [1.54, 1.807) is 0 Å². The van der Waals surface area contributed by atoms with Crippen LogP contribution in [-0.4, -0.2) is 26.4 Å². The predicted octanol–water partition coefficient (Wildman–Crippen LogP) is 4.73. The van der Waals surface area contributed by atoms with Gasteiger partial charge in [-0.05, 0) is 43.5 Å². The summed E-state index contributed by atoms with van der Waals surface area (Å²) in [5.41, 5.74) is 0. The molecule has 0 heterocycles. The van der Waals surface area contributed by atoms with Gasteiger partial charge in [-0.1, -0.05) is 0 Å². The molecule has 0 amide bonds. The van der Waals surface area contributed by atoms with Gasteiger partial charge in [0.15, 0.2) is 0 Å². The van der Waals surface area contributed by atoms with Crippen molar-refractivity contribution in [1.82, 2.24) is 0 Å². The lowest BCUT2D eigenvalue weighted by Crippen LogP contribution is -2.64. The van der Waals surface area contributed by atoms with Gasteiger partial charge in [0.1, 0.15) is 6.07 Å². The third-order valence-corrected chi connectivity index (χ3v) is 4.16. The van der Waals surface area contributed by atoms with E-state index in [9.17, 15) is 35.1 Å². The molecule has 0 fully saturated rings. The van der Waals surface area contributed by atoms with Crippen LogP contribution in [0.2, 0.25) is 0 Å². The Bertz CT molecular complexity index is 371. The lowest BCUT2D eigenvalue weighted by Gasteiger charge is -2.38. The maximum Gasteiger partial charge on any atom is 0.381 e. The molecule has 0 N–H and O–H groups in total. The first-order chi connectivity index (χ1) is 7.56. The van der Waals surface area contributed by atoms with E-state index in [2.05, 4.69) is 11.6 Å². The highest BCUT2D eigenvalue weighted by Crippen LogP contribution is 2.61. The van der Waals surface area contributed by atoms with Crippen molar-refractivity contribution in [2.75, 3.05) is 0 Å². The molecular weight excluding hydrogens is 433 g/mol. The van der Waals surface area contributed by atoms with E-state index in [1.165, 1.54) is 0 Å². The second-order valence-corrected chi connectivity index (χ2v) is 5.57. The van der Waals surface area contributed by atoms with E-state index >= 15 is 0 Å². The highest BCUT2D eigenvalue weighted by molar-refractivity contribution is 9.10. The van der Waals surface area contributed by atoms with E-state index in [0.29, 0.717) is 0 Å². The number of rotatable bonds is 4. The van der Waals surface area contributed by atoms with Crippen LogP contribution in [0.15, 0.2) is 0 Å². The van der Waals surface area contributed by atoms with Crippen molar-refractivity contribution in [3.63, 3.8) is 0 Å². The molecule has 0 aliphatic carbocycles. The van der Waals surface area contributed by atoms with Gasteiger partial charge >= 0.3 is 26.4 Å². The molecule has 106 valence electrons. The molecule has 0 aliphatic rings. The topological polar surface area (TPSA) is 23.8 Å². The Kier molecular flexibility index (Phi) is 4.67. The molecular formula is C6Br2ClF8N. The monoisotopic (exact) mass is 431 g/mol. The van der Waals surface area contributed by atoms with Crippen molar-refractivity contribution in [3.05, 3.63) is 0 Å². The summed E-state index contributed by atoms with van der Waals surface area (Å²) in [7, 11) is 0. The molecule has 0 aromatic heterocycles. The maximum atomic E-state index is 13.2. The Morgan fingerprint density at radius 1 is 0.833 bits per heavy atom. The first-order valence-electron chi connectivity index (χ1n) is 3.55. The first-order valence-corrected chi connectivity index (χ1v) is 5.52. The van der Waals surface area contributed by atoms with E-state index in [1.807, 2.05) is 0 Å². The Morgan fingerprint density at radius 3 is 1.39 bits per heavy atom. The molecule has 0 spiro atoms. The molecule has 0 aromatic carbocycles. The minimum atomic E-state index is -6.09. The number of alkyl halides is 11. The Hall–Kier alpha value is 0.180. The Balaban J connectivity index is 5.90. The van der Waals surface area contributed by atoms with Gasteiger partial charge in [-0.25, -0.2) is 8.78 Å². The first kappa shape index (κ1) is 18.2. The number of halogens is 11. The molecule has 12 heteroatoms. The molecule has 0 bridgehead atoms. The predicted molar refractivity (Wildman–Crippen MR) is 51.8 cm³/mol. The summed E-state index contributed by atoms with van der Waals surface area (Å²) in [6.45, 7) is 0. The smallest absolute Gasteiger partial charge is 0.216 e. The number of nitriles is 1. The molecule has 0 aliphatic heterocycles.